The molecule has 0 radical (unpaired) electrons. The molecule has 0 N–H and O–H groups in total. The van der Waals surface area contributed by atoms with E-state index in [0.717, 1.165) is 25.6 Å². The van der Waals surface area contributed by atoms with Gasteiger partial charge in [-0.05, 0) is 18.2 Å². The van der Waals surface area contributed by atoms with E-state index in [1.807, 2.05) is 48.5 Å². The summed E-state index contributed by atoms with van der Waals surface area (Å²) in [5.41, 5.74) is 1.85. The number of nitrogens with zero attached hydrogens (tertiary/aromatic N) is 4. The molecule has 0 amide bonds. The molecular formula is C15H8BrClN4S. The molecule has 2 aromatic heterocycles. The normalized spacial score (nSPS) is 11.2. The lowest BCUT2D eigenvalue weighted by Crippen LogP contribution is -1.91. The summed E-state index contributed by atoms with van der Waals surface area (Å²) in [5, 5.41) is 14.6. The highest BCUT2D eigenvalue weighted by atomic mass is 79.9. The van der Waals surface area contributed by atoms with Crippen LogP contribution in [-0.4, -0.2) is 19.8 Å². The van der Waals surface area contributed by atoms with Crippen LogP contribution in [0.2, 0.25) is 5.02 Å². The van der Waals surface area contributed by atoms with Gasteiger partial charge in [0.15, 0.2) is 5.82 Å². The van der Waals surface area contributed by atoms with Gasteiger partial charge in [0.2, 0.25) is 4.96 Å². The standard InChI is InChI=1S/C15H8BrClN4S/c16-11-7-3-1-5-9(11)14-20-21-13(18-19-15(21)22-14)10-6-2-4-8-12(10)17/h1-8H. The van der Waals surface area contributed by atoms with Gasteiger partial charge in [-0.1, -0.05) is 69.2 Å². The summed E-state index contributed by atoms with van der Waals surface area (Å²) in [6.07, 6.45) is 0. The van der Waals surface area contributed by atoms with E-state index in [-0.39, 0.29) is 0 Å². The van der Waals surface area contributed by atoms with Crippen molar-refractivity contribution in [3.8, 4) is 22.0 Å². The molecule has 22 heavy (non-hydrogen) atoms. The number of benzene rings is 2. The van der Waals surface area contributed by atoms with E-state index < -0.39 is 0 Å². The van der Waals surface area contributed by atoms with E-state index in [2.05, 4.69) is 31.2 Å². The van der Waals surface area contributed by atoms with E-state index >= 15 is 0 Å². The molecule has 0 saturated carbocycles. The SMILES string of the molecule is Clc1ccccc1-c1nnc2sc(-c3ccccc3Br)nn12. The zero-order valence-electron chi connectivity index (χ0n) is 11.1. The summed E-state index contributed by atoms with van der Waals surface area (Å²) in [5.74, 6) is 0.648. The Morgan fingerprint density at radius 1 is 0.955 bits per heavy atom. The average molecular weight is 392 g/mol. The molecule has 0 unspecified atom stereocenters. The minimum absolute atomic E-state index is 0.632. The Labute approximate surface area is 143 Å². The van der Waals surface area contributed by atoms with Crippen LogP contribution in [0.3, 0.4) is 0 Å². The molecule has 4 nitrogen and oxygen atoms in total. The zero-order valence-corrected chi connectivity index (χ0v) is 14.2. The molecule has 0 spiro atoms. The van der Waals surface area contributed by atoms with Crippen LogP contribution in [0, 0.1) is 0 Å². The van der Waals surface area contributed by atoms with Crippen molar-refractivity contribution in [2.75, 3.05) is 0 Å². The number of hydrogen-bond donors (Lipinski definition) is 0. The number of fused-ring (bicyclic) bond motifs is 1. The first-order valence-electron chi connectivity index (χ1n) is 6.46. The van der Waals surface area contributed by atoms with Crippen LogP contribution in [0.4, 0.5) is 0 Å². The molecule has 4 aromatic rings. The molecule has 0 fully saturated rings. The van der Waals surface area contributed by atoms with Gasteiger partial charge < -0.3 is 0 Å². The van der Waals surface area contributed by atoms with Gasteiger partial charge in [0.1, 0.15) is 5.01 Å². The Kier molecular flexibility index (Phi) is 3.44. The molecule has 0 aliphatic rings. The fourth-order valence-corrected chi connectivity index (χ4v) is 3.87. The van der Waals surface area contributed by atoms with Crippen molar-refractivity contribution in [2.24, 2.45) is 0 Å². The van der Waals surface area contributed by atoms with E-state index in [1.165, 1.54) is 11.3 Å². The zero-order chi connectivity index (χ0) is 15.1. The van der Waals surface area contributed by atoms with Crippen LogP contribution in [0.1, 0.15) is 0 Å². The third-order valence-electron chi connectivity index (χ3n) is 3.21. The van der Waals surface area contributed by atoms with Crippen LogP contribution in [-0.2, 0) is 0 Å². The molecule has 4 rings (SSSR count). The summed E-state index contributed by atoms with van der Waals surface area (Å²) < 4.78 is 2.74. The molecular weight excluding hydrogens is 384 g/mol. The van der Waals surface area contributed by atoms with Crippen LogP contribution in [0.5, 0.6) is 0 Å². The Balaban J connectivity index is 1.91. The molecule has 108 valence electrons. The highest BCUT2D eigenvalue weighted by Crippen LogP contribution is 2.33. The second kappa shape index (κ2) is 5.46. The Bertz CT molecular complexity index is 979. The first kappa shape index (κ1) is 13.9. The topological polar surface area (TPSA) is 43.1 Å². The number of rotatable bonds is 2. The van der Waals surface area contributed by atoms with E-state index in [4.69, 9.17) is 11.6 Å². The minimum Gasteiger partial charge on any atom is -0.182 e. The number of hydrogen-bond acceptors (Lipinski definition) is 4. The monoisotopic (exact) mass is 390 g/mol. The van der Waals surface area contributed by atoms with Crippen LogP contribution in [0.25, 0.3) is 26.9 Å². The van der Waals surface area contributed by atoms with Gasteiger partial charge in [-0.2, -0.15) is 9.61 Å². The molecule has 2 heterocycles. The van der Waals surface area contributed by atoms with Crippen LogP contribution < -0.4 is 0 Å². The third kappa shape index (κ3) is 2.24. The molecule has 0 aliphatic heterocycles. The van der Waals surface area contributed by atoms with Gasteiger partial charge in [-0.3, -0.25) is 0 Å². The van der Waals surface area contributed by atoms with Crippen molar-refractivity contribution in [3.05, 3.63) is 58.0 Å². The lowest BCUT2D eigenvalue weighted by atomic mass is 10.2. The maximum Gasteiger partial charge on any atom is 0.235 e. The Hall–Kier alpha value is -1.76. The highest BCUT2D eigenvalue weighted by Gasteiger charge is 2.16. The first-order valence-corrected chi connectivity index (χ1v) is 8.45. The summed E-state index contributed by atoms with van der Waals surface area (Å²) in [4.78, 5) is 0.737. The van der Waals surface area contributed by atoms with Gasteiger partial charge >= 0.3 is 0 Å². The van der Waals surface area contributed by atoms with Gasteiger partial charge in [0.25, 0.3) is 0 Å². The fourth-order valence-electron chi connectivity index (χ4n) is 2.17. The first-order chi connectivity index (χ1) is 10.7. The molecule has 7 heteroatoms. The second-order valence-electron chi connectivity index (χ2n) is 4.58. The summed E-state index contributed by atoms with van der Waals surface area (Å²) in [7, 11) is 0. The molecule has 0 aliphatic carbocycles. The maximum absolute atomic E-state index is 6.25. The lowest BCUT2D eigenvalue weighted by Gasteiger charge is -2.00. The van der Waals surface area contributed by atoms with Gasteiger partial charge in [-0.15, -0.1) is 10.2 Å². The maximum atomic E-state index is 6.25. The minimum atomic E-state index is 0.632. The summed E-state index contributed by atoms with van der Waals surface area (Å²) >= 11 is 11.3. The summed E-state index contributed by atoms with van der Waals surface area (Å²) in [6, 6.07) is 15.5. The molecule has 2 aromatic carbocycles. The molecule has 0 bridgehead atoms. The van der Waals surface area contributed by atoms with Crippen LogP contribution in [0.15, 0.2) is 53.0 Å². The van der Waals surface area contributed by atoms with Crippen LogP contribution >= 0.6 is 38.9 Å². The van der Waals surface area contributed by atoms with Crippen molar-refractivity contribution in [1.29, 1.82) is 0 Å². The lowest BCUT2D eigenvalue weighted by molar-refractivity contribution is 0.970. The average Bonchev–Trinajstić information content (AvgIpc) is 3.09. The fraction of sp³-hybridized carbons (Fsp3) is 0. The number of aromatic nitrogens is 4. The Morgan fingerprint density at radius 3 is 2.45 bits per heavy atom. The smallest absolute Gasteiger partial charge is 0.182 e. The molecule has 0 atom stereocenters. The van der Waals surface area contributed by atoms with Crippen molar-refractivity contribution in [1.82, 2.24) is 19.8 Å². The van der Waals surface area contributed by atoms with E-state index in [9.17, 15) is 0 Å². The second-order valence-corrected chi connectivity index (χ2v) is 6.80. The Morgan fingerprint density at radius 2 is 1.68 bits per heavy atom. The van der Waals surface area contributed by atoms with Gasteiger partial charge in [0, 0.05) is 15.6 Å². The van der Waals surface area contributed by atoms with Crippen molar-refractivity contribution < 1.29 is 0 Å². The van der Waals surface area contributed by atoms with E-state index in [0.29, 0.717) is 10.8 Å². The van der Waals surface area contributed by atoms with Crippen molar-refractivity contribution in [2.45, 2.75) is 0 Å². The quantitative estimate of drug-likeness (QED) is 0.486. The van der Waals surface area contributed by atoms with Crippen molar-refractivity contribution >= 4 is 43.8 Å². The number of halogens is 2. The van der Waals surface area contributed by atoms with Gasteiger partial charge in [0.05, 0.1) is 5.02 Å². The van der Waals surface area contributed by atoms with Gasteiger partial charge in [-0.25, -0.2) is 0 Å². The van der Waals surface area contributed by atoms with E-state index in [1.54, 1.807) is 4.52 Å². The predicted molar refractivity (Wildman–Crippen MR) is 92.2 cm³/mol. The summed E-state index contributed by atoms with van der Waals surface area (Å²) in [6.45, 7) is 0. The molecule has 0 saturated heterocycles. The third-order valence-corrected chi connectivity index (χ3v) is 5.16. The largest absolute Gasteiger partial charge is 0.235 e. The van der Waals surface area contributed by atoms with Crippen molar-refractivity contribution in [3.63, 3.8) is 0 Å². The highest BCUT2D eigenvalue weighted by molar-refractivity contribution is 9.10. The predicted octanol–water partition coefficient (Wildman–Crippen LogP) is 4.94.